The third-order valence-electron chi connectivity index (χ3n) is 7.33. The average Bonchev–Trinajstić information content (AvgIpc) is 3.48. The second-order valence-electron chi connectivity index (χ2n) is 8.95. The number of thioether (sulfide) groups is 1. The van der Waals surface area contributed by atoms with Crippen LogP contribution in [-0.4, -0.2) is 34.3 Å². The zero-order valence-corrected chi connectivity index (χ0v) is 18.6. The highest BCUT2D eigenvalue weighted by atomic mass is 32.2. The van der Waals surface area contributed by atoms with Gasteiger partial charge in [-0.2, -0.15) is 0 Å². The van der Waals surface area contributed by atoms with Gasteiger partial charge in [-0.05, 0) is 18.6 Å². The molecule has 5 heteroatoms. The number of aryl methyl sites for hydroxylation is 1. The van der Waals surface area contributed by atoms with Gasteiger partial charge in [-0.15, -0.1) is 11.8 Å². The zero-order valence-electron chi connectivity index (χ0n) is 17.8. The van der Waals surface area contributed by atoms with Gasteiger partial charge < -0.3 is 5.32 Å². The normalized spacial score (nSPS) is 28.5. The topological polar surface area (TPSA) is 49.4 Å². The zero-order chi connectivity index (χ0) is 21.9. The number of fused-ring (bicyclic) bond motifs is 4. The molecule has 1 amide bonds. The summed E-state index contributed by atoms with van der Waals surface area (Å²) in [7, 11) is 0. The SMILES string of the molecule is Cc1ccc(C(=O)[C@@H]2[C@@H](c3ccccc3)[C@@H]3CSCN3[C@@]23C(=O)Nc2ccccc23)cc1. The standard InChI is InChI=1S/C27H24N2O2S/c1-17-11-13-19(14-12-17)25(30)24-23(18-7-3-2-4-8-18)22-15-32-16-29(22)27(24)20-9-5-6-10-21(20)28-26(27)31/h2-14,22-24H,15-16H2,1H3,(H,28,31)/t22-,23-,24-,27+/m0/s1. The van der Waals surface area contributed by atoms with E-state index in [1.807, 2.05) is 85.4 Å². The molecule has 0 aliphatic carbocycles. The predicted molar refractivity (Wildman–Crippen MR) is 128 cm³/mol. The summed E-state index contributed by atoms with van der Waals surface area (Å²) >= 11 is 1.85. The molecule has 0 bridgehead atoms. The minimum absolute atomic E-state index is 0.0464. The lowest BCUT2D eigenvalue weighted by molar-refractivity contribution is -0.127. The molecule has 0 unspecified atom stereocenters. The first kappa shape index (κ1) is 19.8. The lowest BCUT2D eigenvalue weighted by atomic mass is 9.69. The number of anilines is 1. The number of hydrogen-bond donors (Lipinski definition) is 1. The fourth-order valence-corrected chi connectivity index (χ4v) is 7.30. The number of benzene rings is 3. The van der Waals surface area contributed by atoms with E-state index in [-0.39, 0.29) is 23.7 Å². The molecular formula is C27H24N2O2S. The van der Waals surface area contributed by atoms with Crippen LogP contribution in [0.4, 0.5) is 5.69 Å². The Balaban J connectivity index is 1.61. The van der Waals surface area contributed by atoms with Crippen LogP contribution in [0.1, 0.15) is 33.0 Å². The lowest BCUT2D eigenvalue weighted by Crippen LogP contribution is -2.52. The van der Waals surface area contributed by atoms with Crippen LogP contribution in [-0.2, 0) is 10.3 Å². The number of hydrogen-bond acceptors (Lipinski definition) is 4. The molecule has 0 radical (unpaired) electrons. The van der Waals surface area contributed by atoms with Crippen LogP contribution in [0.25, 0.3) is 0 Å². The number of nitrogens with one attached hydrogen (secondary N) is 1. The Labute approximate surface area is 192 Å². The molecule has 3 heterocycles. The summed E-state index contributed by atoms with van der Waals surface area (Å²) in [6.45, 7) is 2.02. The van der Waals surface area contributed by atoms with E-state index in [9.17, 15) is 9.59 Å². The first-order valence-corrected chi connectivity index (χ1v) is 12.2. The van der Waals surface area contributed by atoms with Crippen molar-refractivity contribution >= 4 is 29.1 Å². The third-order valence-corrected chi connectivity index (χ3v) is 8.37. The number of nitrogens with zero attached hydrogens (tertiary/aromatic N) is 1. The third kappa shape index (κ3) is 2.61. The van der Waals surface area contributed by atoms with Crippen molar-refractivity contribution in [3.05, 3.63) is 101 Å². The molecule has 3 aliphatic heterocycles. The monoisotopic (exact) mass is 440 g/mol. The molecular weight excluding hydrogens is 416 g/mol. The van der Waals surface area contributed by atoms with Gasteiger partial charge in [-0.1, -0.05) is 78.4 Å². The van der Waals surface area contributed by atoms with Crippen molar-refractivity contribution in [3.63, 3.8) is 0 Å². The first-order valence-electron chi connectivity index (χ1n) is 11.0. The van der Waals surface area contributed by atoms with Crippen molar-refractivity contribution in [2.24, 2.45) is 5.92 Å². The molecule has 1 N–H and O–H groups in total. The van der Waals surface area contributed by atoms with Crippen molar-refractivity contribution < 1.29 is 9.59 Å². The van der Waals surface area contributed by atoms with Crippen molar-refractivity contribution in [3.8, 4) is 0 Å². The smallest absolute Gasteiger partial charge is 0.250 e. The highest BCUT2D eigenvalue weighted by molar-refractivity contribution is 7.99. The molecule has 6 rings (SSSR count). The Hall–Kier alpha value is -2.89. The summed E-state index contributed by atoms with van der Waals surface area (Å²) in [5.41, 5.74) is 3.68. The van der Waals surface area contributed by atoms with Gasteiger partial charge in [0, 0.05) is 40.4 Å². The van der Waals surface area contributed by atoms with Gasteiger partial charge in [0.15, 0.2) is 5.78 Å². The summed E-state index contributed by atoms with van der Waals surface area (Å²) < 4.78 is 0. The van der Waals surface area contributed by atoms with Crippen LogP contribution in [0.5, 0.6) is 0 Å². The van der Waals surface area contributed by atoms with Crippen LogP contribution in [0.15, 0.2) is 78.9 Å². The molecule has 0 saturated carbocycles. The number of Topliss-reactive ketones (excluding diaryl/α,β-unsaturated/α-hetero) is 1. The second-order valence-corrected chi connectivity index (χ2v) is 9.95. The minimum atomic E-state index is -0.993. The van der Waals surface area contributed by atoms with Gasteiger partial charge in [-0.3, -0.25) is 14.5 Å². The summed E-state index contributed by atoms with van der Waals surface area (Å²) in [5, 5.41) is 3.12. The van der Waals surface area contributed by atoms with Crippen molar-refractivity contribution in [2.75, 3.05) is 16.9 Å². The predicted octanol–water partition coefficient (Wildman–Crippen LogP) is 4.81. The van der Waals surface area contributed by atoms with E-state index in [1.165, 1.54) is 0 Å². The molecule has 3 aromatic carbocycles. The molecule has 3 aromatic rings. The van der Waals surface area contributed by atoms with E-state index >= 15 is 0 Å². The highest BCUT2D eigenvalue weighted by Gasteiger charge is 2.69. The number of carbonyl (C=O) groups excluding carboxylic acids is 2. The largest absolute Gasteiger partial charge is 0.324 e. The molecule has 4 atom stereocenters. The van der Waals surface area contributed by atoms with E-state index < -0.39 is 11.5 Å². The fourth-order valence-electron chi connectivity index (χ4n) is 5.98. The van der Waals surface area contributed by atoms with E-state index in [1.54, 1.807) is 0 Å². The maximum Gasteiger partial charge on any atom is 0.250 e. The summed E-state index contributed by atoms with van der Waals surface area (Å²) in [6, 6.07) is 26.1. The Kier molecular flexibility index (Phi) is 4.52. The Bertz CT molecular complexity index is 1210. The van der Waals surface area contributed by atoms with Crippen LogP contribution >= 0.6 is 11.8 Å². The molecule has 3 aliphatic rings. The average molecular weight is 441 g/mol. The van der Waals surface area contributed by atoms with Gasteiger partial charge >= 0.3 is 0 Å². The Morgan fingerprint density at radius 2 is 1.72 bits per heavy atom. The molecule has 0 aromatic heterocycles. The molecule has 2 saturated heterocycles. The molecule has 160 valence electrons. The van der Waals surface area contributed by atoms with Gasteiger partial charge in [0.05, 0.1) is 5.92 Å². The fraction of sp³-hybridized carbons (Fsp3) is 0.259. The molecule has 2 fully saturated rings. The van der Waals surface area contributed by atoms with Crippen LogP contribution in [0, 0.1) is 12.8 Å². The second kappa shape index (κ2) is 7.32. The number of ketones is 1. The Morgan fingerprint density at radius 1 is 1.00 bits per heavy atom. The summed E-state index contributed by atoms with van der Waals surface area (Å²) in [6.07, 6.45) is 0. The lowest BCUT2D eigenvalue weighted by Gasteiger charge is -2.36. The van der Waals surface area contributed by atoms with E-state index in [2.05, 4.69) is 22.3 Å². The quantitative estimate of drug-likeness (QED) is 0.594. The molecule has 1 spiro atoms. The Morgan fingerprint density at radius 3 is 2.50 bits per heavy atom. The van der Waals surface area contributed by atoms with Gasteiger partial charge in [0.2, 0.25) is 5.91 Å². The van der Waals surface area contributed by atoms with Crippen molar-refractivity contribution in [1.82, 2.24) is 4.90 Å². The summed E-state index contributed by atoms with van der Waals surface area (Å²) in [5.74, 6) is 1.07. The number of rotatable bonds is 3. The van der Waals surface area contributed by atoms with E-state index in [0.717, 1.165) is 34.0 Å². The first-order chi connectivity index (χ1) is 15.6. The van der Waals surface area contributed by atoms with Gasteiger partial charge in [0.25, 0.3) is 0 Å². The molecule has 32 heavy (non-hydrogen) atoms. The molecule has 4 nitrogen and oxygen atoms in total. The summed E-state index contributed by atoms with van der Waals surface area (Å²) in [4.78, 5) is 30.4. The highest BCUT2D eigenvalue weighted by Crippen LogP contribution is 2.61. The minimum Gasteiger partial charge on any atom is -0.324 e. The van der Waals surface area contributed by atoms with Crippen LogP contribution in [0.2, 0.25) is 0 Å². The number of carbonyl (C=O) groups is 2. The maximum atomic E-state index is 14.3. The van der Waals surface area contributed by atoms with Gasteiger partial charge in [0.1, 0.15) is 5.54 Å². The van der Waals surface area contributed by atoms with Crippen molar-refractivity contribution in [1.29, 1.82) is 0 Å². The number of amides is 1. The van der Waals surface area contributed by atoms with E-state index in [0.29, 0.717) is 5.56 Å². The maximum absolute atomic E-state index is 14.3. The van der Waals surface area contributed by atoms with Crippen LogP contribution in [0.3, 0.4) is 0 Å². The van der Waals surface area contributed by atoms with E-state index in [4.69, 9.17) is 0 Å². The van der Waals surface area contributed by atoms with Crippen LogP contribution < -0.4 is 5.32 Å². The number of para-hydroxylation sites is 1. The van der Waals surface area contributed by atoms with Gasteiger partial charge in [-0.25, -0.2) is 0 Å². The van der Waals surface area contributed by atoms with Crippen molar-refractivity contribution in [2.45, 2.75) is 24.4 Å².